The Hall–Kier alpha value is -0.450. The normalized spacial score (nSPS) is 21.4. The van der Waals surface area contributed by atoms with Gasteiger partial charge >= 0.3 is 0 Å². The Kier molecular flexibility index (Phi) is 6.20. The van der Waals surface area contributed by atoms with Crippen molar-refractivity contribution < 1.29 is 4.74 Å². The van der Waals surface area contributed by atoms with Crippen LogP contribution in [-0.2, 0) is 16.6 Å². The number of thiazole rings is 1. The SMILES string of the molecule is CCCNC(Cc1nc(C(C)(C)C)cs1)C1CCCCO1. The third-order valence-electron chi connectivity index (χ3n) is 4.03. The number of aromatic nitrogens is 1. The molecule has 1 N–H and O–H groups in total. The third-order valence-corrected chi connectivity index (χ3v) is 4.91. The molecule has 2 atom stereocenters. The number of hydrogen-bond donors (Lipinski definition) is 1. The van der Waals surface area contributed by atoms with Crippen molar-refractivity contribution in [3.63, 3.8) is 0 Å². The van der Waals surface area contributed by atoms with Crippen molar-refractivity contribution >= 4 is 11.3 Å². The van der Waals surface area contributed by atoms with Gasteiger partial charge in [-0.05, 0) is 32.2 Å². The summed E-state index contributed by atoms with van der Waals surface area (Å²) < 4.78 is 6.00. The van der Waals surface area contributed by atoms with E-state index in [0.29, 0.717) is 12.1 Å². The zero-order chi connectivity index (χ0) is 15.3. The van der Waals surface area contributed by atoms with E-state index in [1.807, 2.05) is 0 Å². The van der Waals surface area contributed by atoms with Crippen molar-refractivity contribution in [1.29, 1.82) is 0 Å². The molecule has 0 aromatic carbocycles. The molecule has 0 spiro atoms. The minimum Gasteiger partial charge on any atom is -0.377 e. The largest absolute Gasteiger partial charge is 0.377 e. The van der Waals surface area contributed by atoms with Crippen molar-refractivity contribution in [3.05, 3.63) is 16.1 Å². The zero-order valence-corrected chi connectivity index (χ0v) is 14.8. The Balaban J connectivity index is 2.01. The molecule has 21 heavy (non-hydrogen) atoms. The van der Waals surface area contributed by atoms with Crippen LogP contribution in [0.15, 0.2) is 5.38 Å². The van der Waals surface area contributed by atoms with Crippen LogP contribution >= 0.6 is 11.3 Å². The van der Waals surface area contributed by atoms with Gasteiger partial charge in [0.05, 0.1) is 16.8 Å². The minimum atomic E-state index is 0.141. The zero-order valence-electron chi connectivity index (χ0n) is 13.9. The van der Waals surface area contributed by atoms with Crippen LogP contribution in [0.2, 0.25) is 0 Å². The third kappa shape index (κ3) is 5.04. The predicted octanol–water partition coefficient (Wildman–Crippen LogP) is 3.92. The highest BCUT2D eigenvalue weighted by molar-refractivity contribution is 7.09. The highest BCUT2D eigenvalue weighted by atomic mass is 32.1. The molecule has 0 bridgehead atoms. The van der Waals surface area contributed by atoms with E-state index in [0.717, 1.165) is 26.0 Å². The fourth-order valence-corrected chi connectivity index (χ4v) is 3.77. The molecule has 2 unspecified atom stereocenters. The molecule has 1 aromatic heterocycles. The van der Waals surface area contributed by atoms with E-state index in [1.165, 1.54) is 30.0 Å². The maximum Gasteiger partial charge on any atom is 0.0945 e. The molecule has 1 aromatic rings. The quantitative estimate of drug-likeness (QED) is 0.864. The Morgan fingerprint density at radius 1 is 1.43 bits per heavy atom. The van der Waals surface area contributed by atoms with Crippen molar-refractivity contribution in [2.24, 2.45) is 0 Å². The van der Waals surface area contributed by atoms with Crippen molar-refractivity contribution in [3.8, 4) is 0 Å². The van der Waals surface area contributed by atoms with Crippen LogP contribution < -0.4 is 5.32 Å². The molecule has 0 radical (unpaired) electrons. The van der Waals surface area contributed by atoms with Gasteiger partial charge in [-0.15, -0.1) is 11.3 Å². The number of ether oxygens (including phenoxy) is 1. The van der Waals surface area contributed by atoms with Crippen LogP contribution in [0.4, 0.5) is 0 Å². The molecule has 1 aliphatic heterocycles. The van der Waals surface area contributed by atoms with Crippen LogP contribution in [0.1, 0.15) is 64.1 Å². The number of rotatable bonds is 6. The lowest BCUT2D eigenvalue weighted by Gasteiger charge is -2.31. The average molecular weight is 311 g/mol. The summed E-state index contributed by atoms with van der Waals surface area (Å²) in [7, 11) is 0. The summed E-state index contributed by atoms with van der Waals surface area (Å²) >= 11 is 1.80. The van der Waals surface area contributed by atoms with Gasteiger partial charge in [-0.25, -0.2) is 4.98 Å². The highest BCUT2D eigenvalue weighted by Gasteiger charge is 2.26. The first-order valence-electron chi connectivity index (χ1n) is 8.30. The molecule has 2 heterocycles. The van der Waals surface area contributed by atoms with Crippen molar-refractivity contribution in [2.75, 3.05) is 13.2 Å². The van der Waals surface area contributed by atoms with E-state index in [9.17, 15) is 0 Å². The molecule has 0 saturated carbocycles. The molecule has 2 rings (SSSR count). The molecule has 4 heteroatoms. The summed E-state index contributed by atoms with van der Waals surface area (Å²) in [5.74, 6) is 0. The molecular formula is C17H30N2OS. The molecule has 0 aliphatic carbocycles. The molecule has 3 nitrogen and oxygen atoms in total. The molecule has 120 valence electrons. The van der Waals surface area contributed by atoms with E-state index in [4.69, 9.17) is 9.72 Å². The van der Waals surface area contributed by atoms with Crippen LogP contribution in [0, 0.1) is 0 Å². The summed E-state index contributed by atoms with van der Waals surface area (Å²) in [6.07, 6.45) is 6.19. The Bertz CT molecular complexity index is 419. The average Bonchev–Trinajstić information content (AvgIpc) is 2.93. The van der Waals surface area contributed by atoms with Crippen molar-refractivity contribution in [2.45, 2.75) is 77.4 Å². The fourth-order valence-electron chi connectivity index (χ4n) is 2.69. The van der Waals surface area contributed by atoms with E-state index < -0.39 is 0 Å². The number of hydrogen-bond acceptors (Lipinski definition) is 4. The van der Waals surface area contributed by atoms with Crippen LogP contribution in [0.5, 0.6) is 0 Å². The first-order chi connectivity index (χ1) is 10.0. The van der Waals surface area contributed by atoms with Crippen LogP contribution in [-0.4, -0.2) is 30.3 Å². The number of nitrogens with one attached hydrogen (secondary N) is 1. The minimum absolute atomic E-state index is 0.141. The summed E-state index contributed by atoms with van der Waals surface area (Å²) in [5.41, 5.74) is 1.35. The second-order valence-electron chi connectivity index (χ2n) is 7.05. The first kappa shape index (κ1) is 16.9. The highest BCUT2D eigenvalue weighted by Crippen LogP contribution is 2.26. The maximum atomic E-state index is 6.00. The summed E-state index contributed by atoms with van der Waals surface area (Å²) in [6.45, 7) is 10.9. The van der Waals surface area contributed by atoms with Gasteiger partial charge in [0.1, 0.15) is 0 Å². The molecule has 1 saturated heterocycles. The van der Waals surface area contributed by atoms with Crippen LogP contribution in [0.3, 0.4) is 0 Å². The van der Waals surface area contributed by atoms with E-state index in [-0.39, 0.29) is 5.41 Å². The molecule has 1 fully saturated rings. The molecule has 1 aliphatic rings. The lowest BCUT2D eigenvalue weighted by molar-refractivity contribution is -0.00739. The van der Waals surface area contributed by atoms with Gasteiger partial charge in [0.2, 0.25) is 0 Å². The Labute approximate surface area is 133 Å². The first-order valence-corrected chi connectivity index (χ1v) is 9.18. The Morgan fingerprint density at radius 2 is 2.24 bits per heavy atom. The van der Waals surface area contributed by atoms with Gasteiger partial charge in [-0.3, -0.25) is 0 Å². The number of nitrogens with zero attached hydrogens (tertiary/aromatic N) is 1. The van der Waals surface area contributed by atoms with Gasteiger partial charge in [-0.1, -0.05) is 27.7 Å². The van der Waals surface area contributed by atoms with E-state index in [2.05, 4.69) is 38.4 Å². The van der Waals surface area contributed by atoms with Gasteiger partial charge in [-0.2, -0.15) is 0 Å². The maximum absolute atomic E-state index is 6.00. The Morgan fingerprint density at radius 3 is 2.81 bits per heavy atom. The van der Waals surface area contributed by atoms with Gasteiger partial charge in [0.25, 0.3) is 0 Å². The second kappa shape index (κ2) is 7.70. The standard InChI is InChI=1S/C17H30N2OS/c1-5-9-18-13(14-8-6-7-10-20-14)11-16-19-15(12-21-16)17(2,3)4/h12-14,18H,5-11H2,1-4H3. The smallest absolute Gasteiger partial charge is 0.0945 e. The van der Waals surface area contributed by atoms with Gasteiger partial charge in [0.15, 0.2) is 0 Å². The van der Waals surface area contributed by atoms with Gasteiger partial charge < -0.3 is 10.1 Å². The second-order valence-corrected chi connectivity index (χ2v) is 7.99. The molecular weight excluding hydrogens is 280 g/mol. The fraction of sp³-hybridized carbons (Fsp3) is 0.824. The van der Waals surface area contributed by atoms with E-state index >= 15 is 0 Å². The monoisotopic (exact) mass is 310 g/mol. The molecule has 0 amide bonds. The summed E-state index contributed by atoms with van der Waals surface area (Å²) in [5, 5.41) is 7.13. The van der Waals surface area contributed by atoms with Gasteiger partial charge in [0, 0.05) is 29.9 Å². The summed E-state index contributed by atoms with van der Waals surface area (Å²) in [6, 6.07) is 0.407. The predicted molar refractivity (Wildman–Crippen MR) is 90.2 cm³/mol. The lowest BCUT2D eigenvalue weighted by atomic mass is 9.93. The van der Waals surface area contributed by atoms with Crippen LogP contribution in [0.25, 0.3) is 0 Å². The van der Waals surface area contributed by atoms with E-state index in [1.54, 1.807) is 11.3 Å². The topological polar surface area (TPSA) is 34.2 Å². The summed E-state index contributed by atoms with van der Waals surface area (Å²) in [4.78, 5) is 4.85. The lowest BCUT2D eigenvalue weighted by Crippen LogP contribution is -2.44. The van der Waals surface area contributed by atoms with Crippen molar-refractivity contribution in [1.82, 2.24) is 10.3 Å².